The van der Waals surface area contributed by atoms with Gasteiger partial charge in [-0.05, 0) is 153 Å². The normalized spacial score (nSPS) is 13.2. The van der Waals surface area contributed by atoms with E-state index >= 15 is 0 Å². The Labute approximate surface area is 386 Å². The smallest absolute Gasteiger partial charge is 0.215 e. The van der Waals surface area contributed by atoms with E-state index in [0.717, 1.165) is 60.7 Å². The highest BCUT2D eigenvalue weighted by Crippen LogP contribution is 2.18. The second-order valence-corrected chi connectivity index (χ2v) is 15.5. The van der Waals surface area contributed by atoms with Crippen molar-refractivity contribution < 1.29 is 9.59 Å². The summed E-state index contributed by atoms with van der Waals surface area (Å²) >= 11 is 9.65. The molecule has 2 aliphatic heterocycles. The molecule has 16 nitrogen and oxygen atoms in total. The Balaban J connectivity index is 0.000000184. The van der Waals surface area contributed by atoms with Gasteiger partial charge in [0.05, 0.1) is 16.7 Å². The molecule has 8 heterocycles. The molecule has 0 aromatic carbocycles. The molecule has 0 atom stereocenters. The summed E-state index contributed by atoms with van der Waals surface area (Å²) in [5, 5.41) is 18.3. The lowest BCUT2D eigenvalue weighted by Crippen LogP contribution is -2.29. The molecule has 8 rings (SSSR count). The average Bonchev–Trinajstić information content (AvgIpc) is 3.77. The Morgan fingerprint density at radius 1 is 0.548 bits per heavy atom. The predicted octanol–water partition coefficient (Wildman–Crippen LogP) is 5.85. The van der Waals surface area contributed by atoms with Crippen molar-refractivity contribution >= 4 is 82.6 Å². The second-order valence-electron chi connectivity index (χ2n) is 13.0. The van der Waals surface area contributed by atoms with Crippen LogP contribution < -0.4 is 38.1 Å². The van der Waals surface area contributed by atoms with Gasteiger partial charge in [-0.25, -0.2) is 29.9 Å². The fourth-order valence-electron chi connectivity index (χ4n) is 5.49. The number of pyridine rings is 6. The van der Waals surface area contributed by atoms with Crippen LogP contribution in [0.3, 0.4) is 0 Å². The zero-order valence-corrected chi connectivity index (χ0v) is 38.5. The third-order valence-corrected chi connectivity index (χ3v) is 9.90. The van der Waals surface area contributed by atoms with E-state index in [1.54, 1.807) is 79.3 Å². The third kappa shape index (κ3) is 17.0. The van der Waals surface area contributed by atoms with Gasteiger partial charge in [-0.3, -0.25) is 9.59 Å². The third-order valence-electron chi connectivity index (χ3n) is 8.57. The highest BCUT2D eigenvalue weighted by molar-refractivity contribution is 9.11. The highest BCUT2D eigenvalue weighted by atomic mass is 79.9. The van der Waals surface area contributed by atoms with Crippen LogP contribution in [-0.2, 0) is 0 Å². The van der Waals surface area contributed by atoms with E-state index in [1.165, 1.54) is 19.5 Å². The van der Waals surface area contributed by atoms with Crippen LogP contribution in [0.25, 0.3) is 0 Å². The van der Waals surface area contributed by atoms with Gasteiger partial charge in [0.15, 0.2) is 0 Å². The Morgan fingerprint density at radius 2 is 1.03 bits per heavy atom. The predicted molar refractivity (Wildman–Crippen MR) is 253 cm³/mol. The van der Waals surface area contributed by atoms with Crippen molar-refractivity contribution in [2.75, 3.05) is 74.5 Å². The monoisotopic (exact) mass is 1030 g/mol. The van der Waals surface area contributed by atoms with Gasteiger partial charge in [-0.15, -0.1) is 0 Å². The lowest BCUT2D eigenvalue weighted by atomic mass is 10.1. The second kappa shape index (κ2) is 27.2. The molecule has 2 saturated heterocycles. The van der Waals surface area contributed by atoms with Gasteiger partial charge in [0.1, 0.15) is 54.5 Å². The number of carbonyl (C=O) groups is 2. The van der Waals surface area contributed by atoms with E-state index in [2.05, 4.69) is 98.5 Å². The molecule has 2 fully saturated rings. The fourth-order valence-corrected chi connectivity index (χ4v) is 6.76. The molecule has 19 heteroatoms. The summed E-state index contributed by atoms with van der Waals surface area (Å²) in [5.41, 5.74) is 18.6. The number of rotatable bonds is 5. The number of carbonyl (C=O) groups excluding carboxylic acids is 2. The van der Waals surface area contributed by atoms with E-state index in [4.69, 9.17) is 22.5 Å². The number of hydrogen-bond donors (Lipinski definition) is 6. The highest BCUT2D eigenvalue weighted by Gasteiger charge is 2.17. The minimum atomic E-state index is -0.230. The molecule has 0 amide bonds. The van der Waals surface area contributed by atoms with E-state index in [0.29, 0.717) is 38.5 Å². The van der Waals surface area contributed by atoms with Gasteiger partial charge in [0.25, 0.3) is 0 Å². The molecule has 322 valence electrons. The van der Waals surface area contributed by atoms with Crippen LogP contribution in [0.1, 0.15) is 50.5 Å². The molecule has 9 N–H and O–H groups in total. The lowest BCUT2D eigenvalue weighted by Gasteiger charge is -2.21. The standard InChI is InChI=1S/C16H19N5O.C11H8BrN3O.C6H5N3.C5H3Br2N.C5H12N2/c17-16-12(4-2-8-19-16)15(22)13-5-1-6-14(20-13)21-10-3-7-18-9-11-21;12-9-5-1-4-8(15-9)10(16)7-3-2-6-14-11(7)13;7-4-5-2-1-3-9-6(5)8;6-4-2-1-3-5(7)8-4;1-2-6-4-5-7-3-1/h1-2,4-6,8,18H,3,7,9-11H2,(H2,17,19);1-6H,(H2,13,14);1-3H,(H2,8,9);1-3H;6-7H,1-5H2. The molecule has 2 aliphatic rings. The number of nitriles is 1. The van der Waals surface area contributed by atoms with Gasteiger partial charge in [0.2, 0.25) is 11.6 Å². The Kier molecular flexibility index (Phi) is 21.5. The minimum Gasteiger partial charge on any atom is -0.383 e. The number of aromatic nitrogens is 6. The van der Waals surface area contributed by atoms with Crippen molar-refractivity contribution in [3.63, 3.8) is 0 Å². The van der Waals surface area contributed by atoms with E-state index < -0.39 is 0 Å². The Morgan fingerprint density at radius 3 is 1.53 bits per heavy atom. The van der Waals surface area contributed by atoms with Crippen molar-refractivity contribution in [3.8, 4) is 6.07 Å². The first-order valence-electron chi connectivity index (χ1n) is 19.4. The molecule has 0 spiro atoms. The number of nitrogen functional groups attached to an aromatic ring is 3. The van der Waals surface area contributed by atoms with Gasteiger partial charge in [0, 0.05) is 51.3 Å². The summed E-state index contributed by atoms with van der Waals surface area (Å²) in [6.45, 7) is 8.42. The van der Waals surface area contributed by atoms with Gasteiger partial charge < -0.3 is 38.1 Å². The first-order chi connectivity index (χ1) is 30.1. The van der Waals surface area contributed by atoms with Crippen LogP contribution in [0.5, 0.6) is 0 Å². The molecule has 62 heavy (non-hydrogen) atoms. The summed E-state index contributed by atoms with van der Waals surface area (Å²) < 4.78 is 2.32. The number of nitrogens with zero attached hydrogens (tertiary/aromatic N) is 8. The van der Waals surface area contributed by atoms with Crippen LogP contribution in [0.2, 0.25) is 0 Å². The maximum Gasteiger partial charge on any atom is 0.215 e. The topological polar surface area (TPSA) is 253 Å². The minimum absolute atomic E-state index is 0.194. The SMILES string of the molecule is Brc1cccc(Br)n1.C1CNCCNC1.N#Cc1cccnc1N.Nc1ncccc1C(=O)c1cccc(Br)n1.Nc1ncccc1C(=O)c1cccc(N2CCCNCC2)n1. The van der Waals surface area contributed by atoms with Crippen molar-refractivity contribution in [2.45, 2.75) is 12.8 Å². The number of anilines is 4. The summed E-state index contributed by atoms with van der Waals surface area (Å²) in [7, 11) is 0. The number of ketones is 2. The quantitative estimate of drug-likeness (QED) is 0.0875. The average molecular weight is 1030 g/mol. The molecular formula is C43H47Br3N14O2. The van der Waals surface area contributed by atoms with Crippen molar-refractivity contribution in [1.29, 1.82) is 5.26 Å². The van der Waals surface area contributed by atoms with Crippen molar-refractivity contribution in [2.24, 2.45) is 0 Å². The maximum atomic E-state index is 12.6. The summed E-state index contributed by atoms with van der Waals surface area (Å²) in [4.78, 5) is 50.9. The first-order valence-corrected chi connectivity index (χ1v) is 21.8. The van der Waals surface area contributed by atoms with Gasteiger partial charge in [-0.1, -0.05) is 18.2 Å². The number of nitrogens with one attached hydrogen (secondary N) is 3. The van der Waals surface area contributed by atoms with Gasteiger partial charge >= 0.3 is 0 Å². The van der Waals surface area contributed by atoms with Crippen molar-refractivity contribution in [3.05, 3.63) is 151 Å². The number of halogens is 3. The lowest BCUT2D eigenvalue weighted by molar-refractivity contribution is 0.102. The zero-order valence-electron chi connectivity index (χ0n) is 33.7. The molecule has 6 aromatic rings. The zero-order chi connectivity index (χ0) is 44.5. The maximum absolute atomic E-state index is 12.6. The van der Waals surface area contributed by atoms with Crippen LogP contribution in [0, 0.1) is 11.3 Å². The molecular weight excluding hydrogens is 984 g/mol. The summed E-state index contributed by atoms with van der Waals surface area (Å²) in [5.74, 6) is 1.15. The van der Waals surface area contributed by atoms with Crippen LogP contribution in [0.4, 0.5) is 23.3 Å². The van der Waals surface area contributed by atoms with E-state index in [1.807, 2.05) is 36.4 Å². The Bertz CT molecular complexity index is 2340. The van der Waals surface area contributed by atoms with Crippen LogP contribution in [0.15, 0.2) is 123 Å². The molecule has 6 aromatic heterocycles. The van der Waals surface area contributed by atoms with Crippen molar-refractivity contribution in [1.82, 2.24) is 45.9 Å². The molecule has 0 bridgehead atoms. The number of hydrogen-bond acceptors (Lipinski definition) is 16. The fraction of sp³-hybridized carbons (Fsp3) is 0.233. The van der Waals surface area contributed by atoms with Crippen LogP contribution >= 0.6 is 47.8 Å². The number of nitrogens with two attached hydrogens (primary N) is 3. The molecule has 0 unspecified atom stereocenters. The largest absolute Gasteiger partial charge is 0.383 e. The molecule has 0 saturated carbocycles. The molecule has 0 aliphatic carbocycles. The summed E-state index contributed by atoms with van der Waals surface area (Å²) in [6, 6.07) is 28.2. The van der Waals surface area contributed by atoms with Crippen LogP contribution in [-0.4, -0.2) is 93.8 Å². The molecule has 0 radical (unpaired) electrons. The van der Waals surface area contributed by atoms with E-state index in [9.17, 15) is 9.59 Å². The summed E-state index contributed by atoms with van der Waals surface area (Å²) in [6.07, 6.45) is 7.01. The van der Waals surface area contributed by atoms with E-state index in [-0.39, 0.29) is 23.2 Å². The van der Waals surface area contributed by atoms with Gasteiger partial charge in [-0.2, -0.15) is 5.26 Å². The first kappa shape index (κ1) is 48.9. The Hall–Kier alpha value is -5.75.